The van der Waals surface area contributed by atoms with Crippen LogP contribution < -0.4 is 16.4 Å². The van der Waals surface area contributed by atoms with Crippen LogP contribution in [0.3, 0.4) is 0 Å². The number of nitrogen functional groups attached to an aromatic ring is 1. The maximum Gasteiger partial charge on any atom is 0.222 e. The van der Waals surface area contributed by atoms with Gasteiger partial charge >= 0.3 is 0 Å². The lowest BCUT2D eigenvalue weighted by molar-refractivity contribution is 0.490. The summed E-state index contributed by atoms with van der Waals surface area (Å²) in [7, 11) is 0. The predicted octanol–water partition coefficient (Wildman–Crippen LogP) is 1.22. The van der Waals surface area contributed by atoms with E-state index < -0.39 is 0 Å². The van der Waals surface area contributed by atoms with E-state index in [9.17, 15) is 0 Å². The number of anilines is 2. The summed E-state index contributed by atoms with van der Waals surface area (Å²) in [5.41, 5.74) is 7.88. The van der Waals surface area contributed by atoms with Crippen molar-refractivity contribution in [3.63, 3.8) is 0 Å². The first kappa shape index (κ1) is 12.0. The van der Waals surface area contributed by atoms with E-state index in [1.807, 2.05) is 19.1 Å². The maximum atomic E-state index is 5.75. The van der Waals surface area contributed by atoms with Crippen molar-refractivity contribution in [1.82, 2.24) is 15.3 Å². The summed E-state index contributed by atoms with van der Waals surface area (Å²) >= 11 is 0. The van der Waals surface area contributed by atoms with Crippen LogP contribution in [0.5, 0.6) is 0 Å². The zero-order valence-electron chi connectivity index (χ0n) is 10.9. The first-order valence-electron chi connectivity index (χ1n) is 6.37. The quantitative estimate of drug-likeness (QED) is 0.768. The molecule has 0 bridgehead atoms. The minimum atomic E-state index is 0.318. The van der Waals surface area contributed by atoms with Gasteiger partial charge in [-0.15, -0.1) is 0 Å². The normalized spacial score (nSPS) is 14.2. The number of aromatic nitrogens is 2. The van der Waals surface area contributed by atoms with Gasteiger partial charge in [0.25, 0.3) is 0 Å². The molecule has 3 heterocycles. The summed E-state index contributed by atoms with van der Waals surface area (Å²) < 4.78 is 5.53. The first-order valence-corrected chi connectivity index (χ1v) is 6.37. The summed E-state index contributed by atoms with van der Waals surface area (Å²) in [6.45, 7) is 4.23. The molecule has 0 atom stereocenters. The third kappa shape index (κ3) is 2.53. The standard InChI is InChI=1S/C13H17N5O/c1-8-2-3-9(19-8)6-16-12-10-7-15-5-4-11(10)17-13(14)18-12/h2-3,15H,4-7H2,1H3,(H3,14,16,17,18). The number of nitrogens with zero attached hydrogens (tertiary/aromatic N) is 2. The fourth-order valence-electron chi connectivity index (χ4n) is 2.26. The number of nitrogens with two attached hydrogens (primary N) is 1. The largest absolute Gasteiger partial charge is 0.465 e. The fraction of sp³-hybridized carbons (Fsp3) is 0.385. The monoisotopic (exact) mass is 259 g/mol. The van der Waals surface area contributed by atoms with Crippen molar-refractivity contribution in [1.29, 1.82) is 0 Å². The Morgan fingerprint density at radius 1 is 1.42 bits per heavy atom. The average molecular weight is 259 g/mol. The second-order valence-electron chi connectivity index (χ2n) is 4.65. The molecule has 1 aliphatic heterocycles. The van der Waals surface area contributed by atoms with Crippen LogP contribution in [-0.2, 0) is 19.5 Å². The van der Waals surface area contributed by atoms with Crippen LogP contribution in [0, 0.1) is 6.92 Å². The van der Waals surface area contributed by atoms with Gasteiger partial charge in [0.05, 0.1) is 12.2 Å². The van der Waals surface area contributed by atoms with Crippen LogP contribution in [0.4, 0.5) is 11.8 Å². The Labute approximate surface area is 111 Å². The van der Waals surface area contributed by atoms with E-state index in [0.29, 0.717) is 12.5 Å². The SMILES string of the molecule is Cc1ccc(CNc2nc(N)nc3c2CNCC3)o1. The van der Waals surface area contributed by atoms with Crippen LogP contribution in [-0.4, -0.2) is 16.5 Å². The van der Waals surface area contributed by atoms with Gasteiger partial charge in [-0.25, -0.2) is 4.98 Å². The fourth-order valence-corrected chi connectivity index (χ4v) is 2.26. The Morgan fingerprint density at radius 3 is 3.11 bits per heavy atom. The molecular weight excluding hydrogens is 242 g/mol. The van der Waals surface area contributed by atoms with E-state index in [-0.39, 0.29) is 0 Å². The number of rotatable bonds is 3. The van der Waals surface area contributed by atoms with E-state index in [4.69, 9.17) is 10.2 Å². The molecule has 2 aromatic rings. The number of fused-ring (bicyclic) bond motifs is 1. The van der Waals surface area contributed by atoms with Crippen molar-refractivity contribution >= 4 is 11.8 Å². The topological polar surface area (TPSA) is 89.0 Å². The van der Waals surface area contributed by atoms with Gasteiger partial charge in [0.15, 0.2) is 0 Å². The third-order valence-corrected chi connectivity index (χ3v) is 3.18. The molecular formula is C13H17N5O. The zero-order valence-corrected chi connectivity index (χ0v) is 10.9. The molecule has 0 amide bonds. The minimum absolute atomic E-state index is 0.318. The Morgan fingerprint density at radius 2 is 2.32 bits per heavy atom. The number of aryl methyl sites for hydroxylation is 1. The molecule has 4 N–H and O–H groups in total. The molecule has 2 aromatic heterocycles. The van der Waals surface area contributed by atoms with Crippen molar-refractivity contribution in [3.05, 3.63) is 34.9 Å². The second-order valence-corrected chi connectivity index (χ2v) is 4.65. The van der Waals surface area contributed by atoms with E-state index in [1.165, 1.54) is 0 Å². The minimum Gasteiger partial charge on any atom is -0.465 e. The molecule has 0 aromatic carbocycles. The van der Waals surface area contributed by atoms with Crippen molar-refractivity contribution in [2.45, 2.75) is 26.4 Å². The van der Waals surface area contributed by atoms with Crippen LogP contribution in [0.1, 0.15) is 22.8 Å². The summed E-state index contributed by atoms with van der Waals surface area (Å²) in [4.78, 5) is 8.58. The lowest BCUT2D eigenvalue weighted by Gasteiger charge is -2.19. The summed E-state index contributed by atoms with van der Waals surface area (Å²) in [5.74, 6) is 2.90. The van der Waals surface area contributed by atoms with Crippen LogP contribution in [0.25, 0.3) is 0 Å². The van der Waals surface area contributed by atoms with E-state index >= 15 is 0 Å². The molecule has 0 saturated heterocycles. The predicted molar refractivity (Wildman–Crippen MR) is 72.6 cm³/mol. The van der Waals surface area contributed by atoms with Gasteiger partial charge < -0.3 is 20.8 Å². The maximum absolute atomic E-state index is 5.75. The zero-order chi connectivity index (χ0) is 13.2. The summed E-state index contributed by atoms with van der Waals surface area (Å²) in [5, 5.41) is 6.60. The van der Waals surface area contributed by atoms with Gasteiger partial charge in [0.1, 0.15) is 17.3 Å². The van der Waals surface area contributed by atoms with E-state index in [1.54, 1.807) is 0 Å². The number of hydrogen-bond donors (Lipinski definition) is 3. The van der Waals surface area contributed by atoms with Gasteiger partial charge in [0.2, 0.25) is 5.95 Å². The molecule has 6 heteroatoms. The number of nitrogens with one attached hydrogen (secondary N) is 2. The molecule has 0 saturated carbocycles. The lowest BCUT2D eigenvalue weighted by atomic mass is 10.1. The molecule has 100 valence electrons. The Hall–Kier alpha value is -2.08. The van der Waals surface area contributed by atoms with Gasteiger partial charge in [-0.3, -0.25) is 0 Å². The highest BCUT2D eigenvalue weighted by Gasteiger charge is 2.16. The number of hydrogen-bond acceptors (Lipinski definition) is 6. The molecule has 6 nitrogen and oxygen atoms in total. The van der Waals surface area contributed by atoms with Gasteiger partial charge in [-0.05, 0) is 19.1 Å². The molecule has 0 radical (unpaired) electrons. The first-order chi connectivity index (χ1) is 9.22. The Balaban J connectivity index is 1.82. The summed E-state index contributed by atoms with van der Waals surface area (Å²) in [6, 6.07) is 3.90. The van der Waals surface area contributed by atoms with Gasteiger partial charge in [-0.1, -0.05) is 0 Å². The van der Waals surface area contributed by atoms with Crippen LogP contribution >= 0.6 is 0 Å². The molecule has 19 heavy (non-hydrogen) atoms. The summed E-state index contributed by atoms with van der Waals surface area (Å²) in [6.07, 6.45) is 0.886. The van der Waals surface area contributed by atoms with Gasteiger partial charge in [0, 0.05) is 25.1 Å². The highest BCUT2D eigenvalue weighted by atomic mass is 16.3. The molecule has 0 aliphatic carbocycles. The van der Waals surface area contributed by atoms with E-state index in [2.05, 4.69) is 20.6 Å². The Kier molecular flexibility index (Phi) is 3.08. The van der Waals surface area contributed by atoms with Crippen molar-refractivity contribution in [2.75, 3.05) is 17.6 Å². The van der Waals surface area contributed by atoms with Crippen molar-refractivity contribution in [3.8, 4) is 0 Å². The van der Waals surface area contributed by atoms with E-state index in [0.717, 1.165) is 48.1 Å². The van der Waals surface area contributed by atoms with Crippen molar-refractivity contribution < 1.29 is 4.42 Å². The molecule has 0 unspecified atom stereocenters. The van der Waals surface area contributed by atoms with Crippen LogP contribution in [0.15, 0.2) is 16.5 Å². The third-order valence-electron chi connectivity index (χ3n) is 3.18. The highest BCUT2D eigenvalue weighted by Crippen LogP contribution is 2.21. The molecule has 3 rings (SSSR count). The second kappa shape index (κ2) is 4.89. The van der Waals surface area contributed by atoms with Gasteiger partial charge in [-0.2, -0.15) is 4.98 Å². The highest BCUT2D eigenvalue weighted by molar-refractivity contribution is 5.50. The van der Waals surface area contributed by atoms with Crippen LogP contribution in [0.2, 0.25) is 0 Å². The van der Waals surface area contributed by atoms with Crippen molar-refractivity contribution in [2.24, 2.45) is 0 Å². The molecule has 0 spiro atoms. The molecule has 0 fully saturated rings. The average Bonchev–Trinajstić information content (AvgIpc) is 2.81. The lowest BCUT2D eigenvalue weighted by Crippen LogP contribution is -2.26. The number of furan rings is 1. The Bertz CT molecular complexity index is 593. The smallest absolute Gasteiger partial charge is 0.222 e. The molecule has 1 aliphatic rings.